The first-order valence-corrected chi connectivity index (χ1v) is 8.16. The normalized spacial score (nSPS) is 20.5. The second-order valence-corrected chi connectivity index (χ2v) is 7.21. The molecule has 2 aromatic heterocycles. The van der Waals surface area contributed by atoms with Crippen molar-refractivity contribution in [2.24, 2.45) is 0 Å². The predicted octanol–water partition coefficient (Wildman–Crippen LogP) is 1.26. The number of carbonyl (C=O) groups excluding carboxylic acids is 1. The van der Waals surface area contributed by atoms with Crippen LogP contribution in [0.5, 0.6) is 0 Å². The Kier molecular flexibility index (Phi) is 3.32. The summed E-state index contributed by atoms with van der Waals surface area (Å²) in [4.78, 5) is 14.9. The topological polar surface area (TPSA) is 81.9 Å². The van der Waals surface area contributed by atoms with Gasteiger partial charge in [-0.3, -0.25) is 14.5 Å². The summed E-state index contributed by atoms with van der Waals surface area (Å²) in [5.41, 5.74) is 0.977. The van der Waals surface area contributed by atoms with Crippen molar-refractivity contribution in [1.82, 2.24) is 14.8 Å². The molecular formula is C13H12FN3O3S. The van der Waals surface area contributed by atoms with Crippen LogP contribution in [-0.2, 0) is 9.84 Å². The number of nitrogens with zero attached hydrogens (tertiary/aromatic N) is 3. The van der Waals surface area contributed by atoms with Crippen LogP contribution in [0.3, 0.4) is 0 Å². The van der Waals surface area contributed by atoms with Crippen LogP contribution in [0.1, 0.15) is 22.8 Å². The van der Waals surface area contributed by atoms with Gasteiger partial charge in [-0.2, -0.15) is 5.10 Å². The van der Waals surface area contributed by atoms with Gasteiger partial charge >= 0.3 is 0 Å². The first kappa shape index (κ1) is 13.9. The molecule has 0 spiro atoms. The first-order valence-electron chi connectivity index (χ1n) is 6.34. The van der Waals surface area contributed by atoms with Crippen LogP contribution in [0.15, 0.2) is 24.7 Å². The molecule has 0 N–H and O–H groups in total. The molecule has 0 bridgehead atoms. The minimum Gasteiger partial charge on any atom is -0.298 e. The maximum Gasteiger partial charge on any atom is 0.153 e. The second-order valence-electron chi connectivity index (χ2n) is 4.98. The number of hydrogen-bond donors (Lipinski definition) is 0. The highest BCUT2D eigenvalue weighted by molar-refractivity contribution is 7.91. The van der Waals surface area contributed by atoms with E-state index < -0.39 is 15.7 Å². The number of carbonyl (C=O) groups is 1. The van der Waals surface area contributed by atoms with E-state index >= 15 is 0 Å². The Morgan fingerprint density at radius 2 is 2.19 bits per heavy atom. The Morgan fingerprint density at radius 1 is 1.38 bits per heavy atom. The van der Waals surface area contributed by atoms with Gasteiger partial charge in [0.1, 0.15) is 11.5 Å². The molecule has 1 saturated heterocycles. The zero-order valence-corrected chi connectivity index (χ0v) is 11.8. The van der Waals surface area contributed by atoms with E-state index in [4.69, 9.17) is 0 Å². The lowest BCUT2D eigenvalue weighted by atomic mass is 10.1. The summed E-state index contributed by atoms with van der Waals surface area (Å²) in [6.45, 7) is 0. The molecule has 1 fully saturated rings. The van der Waals surface area contributed by atoms with Gasteiger partial charge in [-0.05, 0) is 12.5 Å². The fourth-order valence-corrected chi connectivity index (χ4v) is 4.13. The molecule has 1 aliphatic heterocycles. The quantitative estimate of drug-likeness (QED) is 0.797. The van der Waals surface area contributed by atoms with Crippen molar-refractivity contribution in [3.63, 3.8) is 0 Å². The Labute approximate surface area is 120 Å². The van der Waals surface area contributed by atoms with E-state index in [1.165, 1.54) is 23.1 Å². The van der Waals surface area contributed by atoms with Crippen molar-refractivity contribution in [2.45, 2.75) is 12.5 Å². The highest BCUT2D eigenvalue weighted by Crippen LogP contribution is 2.27. The van der Waals surface area contributed by atoms with Crippen molar-refractivity contribution in [3.05, 3.63) is 36.0 Å². The smallest absolute Gasteiger partial charge is 0.153 e. The highest BCUT2D eigenvalue weighted by Gasteiger charge is 2.30. The van der Waals surface area contributed by atoms with Gasteiger partial charge in [0.15, 0.2) is 16.1 Å². The van der Waals surface area contributed by atoms with Crippen LogP contribution >= 0.6 is 0 Å². The van der Waals surface area contributed by atoms with E-state index in [9.17, 15) is 17.6 Å². The average molecular weight is 309 g/mol. The van der Waals surface area contributed by atoms with Crippen molar-refractivity contribution in [2.75, 3.05) is 11.5 Å². The summed E-state index contributed by atoms with van der Waals surface area (Å²) in [6.07, 6.45) is 5.05. The lowest BCUT2D eigenvalue weighted by molar-refractivity contribution is 0.112. The molecule has 8 heteroatoms. The third-order valence-corrected chi connectivity index (χ3v) is 5.20. The second kappa shape index (κ2) is 5.03. The van der Waals surface area contributed by atoms with E-state index in [1.807, 2.05) is 0 Å². The van der Waals surface area contributed by atoms with Crippen molar-refractivity contribution >= 4 is 16.1 Å². The van der Waals surface area contributed by atoms with Crippen LogP contribution in [0.4, 0.5) is 4.39 Å². The van der Waals surface area contributed by atoms with E-state index in [0.29, 0.717) is 24.0 Å². The number of aldehydes is 1. The summed E-state index contributed by atoms with van der Waals surface area (Å²) in [5.74, 6) is -0.402. The Balaban J connectivity index is 2.01. The van der Waals surface area contributed by atoms with Crippen LogP contribution in [0, 0.1) is 5.82 Å². The first-order chi connectivity index (χ1) is 9.98. The Morgan fingerprint density at radius 3 is 2.81 bits per heavy atom. The average Bonchev–Trinajstić information content (AvgIpc) is 3.01. The standard InChI is InChI=1S/C13H12FN3O3S/c14-11-3-9(4-15-5-11)13-10(7-18)6-17(16-13)12-1-2-21(19,20)8-12/h3-7,12H,1-2,8H2. The number of pyridine rings is 1. The zero-order valence-electron chi connectivity index (χ0n) is 10.9. The minimum absolute atomic E-state index is 0.00776. The Bertz CT molecular complexity index is 801. The summed E-state index contributed by atoms with van der Waals surface area (Å²) >= 11 is 0. The molecule has 0 saturated carbocycles. The molecule has 0 radical (unpaired) electrons. The third-order valence-electron chi connectivity index (χ3n) is 3.45. The zero-order chi connectivity index (χ0) is 15.0. The lowest BCUT2D eigenvalue weighted by Gasteiger charge is -2.07. The molecule has 0 amide bonds. The van der Waals surface area contributed by atoms with Gasteiger partial charge < -0.3 is 0 Å². The van der Waals surface area contributed by atoms with E-state index in [1.54, 1.807) is 0 Å². The van der Waals surface area contributed by atoms with Gasteiger partial charge in [0, 0.05) is 18.0 Å². The molecule has 0 aromatic carbocycles. The SMILES string of the molecule is O=Cc1cn(C2CCS(=O)(=O)C2)nc1-c1cncc(F)c1. The molecule has 1 unspecified atom stereocenters. The fraction of sp³-hybridized carbons (Fsp3) is 0.308. The molecule has 3 heterocycles. The van der Waals surface area contributed by atoms with E-state index in [0.717, 1.165) is 6.20 Å². The summed E-state index contributed by atoms with van der Waals surface area (Å²) in [5, 5.41) is 4.25. The largest absolute Gasteiger partial charge is 0.298 e. The number of sulfone groups is 1. The molecule has 1 aliphatic rings. The van der Waals surface area contributed by atoms with Gasteiger partial charge in [-0.1, -0.05) is 0 Å². The molecular weight excluding hydrogens is 297 g/mol. The molecule has 2 aromatic rings. The summed E-state index contributed by atoms with van der Waals surface area (Å²) in [7, 11) is -3.05. The van der Waals surface area contributed by atoms with Crippen LogP contribution < -0.4 is 0 Å². The molecule has 0 aliphatic carbocycles. The minimum atomic E-state index is -3.05. The maximum atomic E-state index is 13.2. The number of rotatable bonds is 3. The lowest BCUT2D eigenvalue weighted by Crippen LogP contribution is -2.11. The molecule has 3 rings (SSSR count). The van der Waals surface area contributed by atoms with Crippen molar-refractivity contribution in [3.8, 4) is 11.3 Å². The van der Waals surface area contributed by atoms with Gasteiger partial charge in [0.25, 0.3) is 0 Å². The van der Waals surface area contributed by atoms with Gasteiger partial charge in [-0.25, -0.2) is 12.8 Å². The Hall–Kier alpha value is -2.09. The monoisotopic (exact) mass is 309 g/mol. The number of aromatic nitrogens is 3. The fourth-order valence-electron chi connectivity index (χ4n) is 2.43. The van der Waals surface area contributed by atoms with Gasteiger partial charge in [-0.15, -0.1) is 0 Å². The van der Waals surface area contributed by atoms with Crippen molar-refractivity contribution in [1.29, 1.82) is 0 Å². The number of hydrogen-bond acceptors (Lipinski definition) is 5. The van der Waals surface area contributed by atoms with E-state index in [2.05, 4.69) is 10.1 Å². The third kappa shape index (κ3) is 2.71. The predicted molar refractivity (Wildman–Crippen MR) is 73.1 cm³/mol. The van der Waals surface area contributed by atoms with Gasteiger partial charge in [0.05, 0.1) is 29.3 Å². The highest BCUT2D eigenvalue weighted by atomic mass is 32.2. The maximum absolute atomic E-state index is 13.2. The summed E-state index contributed by atoms with van der Waals surface area (Å²) < 4.78 is 37.8. The molecule has 6 nitrogen and oxygen atoms in total. The van der Waals surface area contributed by atoms with E-state index in [-0.39, 0.29) is 23.1 Å². The van der Waals surface area contributed by atoms with Crippen LogP contribution in [0.2, 0.25) is 0 Å². The molecule has 110 valence electrons. The summed E-state index contributed by atoms with van der Waals surface area (Å²) in [6, 6.07) is 0.946. The van der Waals surface area contributed by atoms with Crippen LogP contribution in [-0.4, -0.2) is 41.0 Å². The van der Waals surface area contributed by atoms with Gasteiger partial charge in [0.2, 0.25) is 0 Å². The molecule has 21 heavy (non-hydrogen) atoms. The van der Waals surface area contributed by atoms with Crippen LogP contribution in [0.25, 0.3) is 11.3 Å². The number of halogens is 1. The molecule has 1 atom stereocenters. The van der Waals surface area contributed by atoms with Crippen molar-refractivity contribution < 1.29 is 17.6 Å².